The number of morpholine rings is 1. The van der Waals surface area contributed by atoms with Gasteiger partial charge in [-0.1, -0.05) is 0 Å². The fourth-order valence-corrected chi connectivity index (χ4v) is 1.14. The van der Waals surface area contributed by atoms with Crippen LogP contribution in [0.5, 0.6) is 0 Å². The molecule has 1 heterocycles. The van der Waals surface area contributed by atoms with Crippen molar-refractivity contribution in [1.29, 1.82) is 0 Å². The highest BCUT2D eigenvalue weighted by atomic mass is 16.5. The molecule has 0 aromatic heterocycles. The second-order valence-electron chi connectivity index (χ2n) is 3.04. The highest BCUT2D eigenvalue weighted by Gasteiger charge is 2.32. The highest BCUT2D eigenvalue weighted by Crippen LogP contribution is 2.16. The Hall–Kier alpha value is -0.120. The lowest BCUT2D eigenvalue weighted by atomic mass is 9.96. The van der Waals surface area contributed by atoms with Gasteiger partial charge in [-0.3, -0.25) is 0 Å². The molecule has 0 aromatic rings. The maximum atomic E-state index is 5.56. The Morgan fingerprint density at radius 1 is 1.80 bits per heavy atom. The SMILES string of the molecule is CC1NCCOC1(C)CN. The van der Waals surface area contributed by atoms with Crippen molar-refractivity contribution in [2.75, 3.05) is 19.7 Å². The van der Waals surface area contributed by atoms with Gasteiger partial charge in [0.2, 0.25) is 0 Å². The fourth-order valence-electron chi connectivity index (χ4n) is 1.14. The van der Waals surface area contributed by atoms with Crippen molar-refractivity contribution < 1.29 is 4.74 Å². The monoisotopic (exact) mass is 144 g/mol. The van der Waals surface area contributed by atoms with Gasteiger partial charge < -0.3 is 15.8 Å². The van der Waals surface area contributed by atoms with Crippen LogP contribution in [0.4, 0.5) is 0 Å². The van der Waals surface area contributed by atoms with Gasteiger partial charge in [0.15, 0.2) is 0 Å². The molecule has 1 fully saturated rings. The summed E-state index contributed by atoms with van der Waals surface area (Å²) < 4.78 is 5.54. The molecule has 3 nitrogen and oxygen atoms in total. The van der Waals surface area contributed by atoms with Crippen molar-refractivity contribution in [3.05, 3.63) is 0 Å². The fraction of sp³-hybridized carbons (Fsp3) is 1.00. The van der Waals surface area contributed by atoms with Gasteiger partial charge >= 0.3 is 0 Å². The highest BCUT2D eigenvalue weighted by molar-refractivity contribution is 4.90. The molecule has 0 spiro atoms. The van der Waals surface area contributed by atoms with E-state index in [1.165, 1.54) is 0 Å². The van der Waals surface area contributed by atoms with Gasteiger partial charge in [-0.05, 0) is 13.8 Å². The number of ether oxygens (including phenoxy) is 1. The van der Waals surface area contributed by atoms with E-state index in [4.69, 9.17) is 10.5 Å². The Balaban J connectivity index is 2.54. The van der Waals surface area contributed by atoms with E-state index in [1.54, 1.807) is 0 Å². The summed E-state index contributed by atoms with van der Waals surface area (Å²) in [7, 11) is 0. The second-order valence-corrected chi connectivity index (χ2v) is 3.04. The van der Waals surface area contributed by atoms with Crippen LogP contribution >= 0.6 is 0 Å². The van der Waals surface area contributed by atoms with Crippen molar-refractivity contribution in [2.24, 2.45) is 5.73 Å². The van der Waals surface area contributed by atoms with Gasteiger partial charge in [-0.15, -0.1) is 0 Å². The lowest BCUT2D eigenvalue weighted by Gasteiger charge is -2.39. The molecular weight excluding hydrogens is 128 g/mol. The van der Waals surface area contributed by atoms with E-state index in [9.17, 15) is 0 Å². The van der Waals surface area contributed by atoms with E-state index in [0.717, 1.165) is 13.2 Å². The minimum absolute atomic E-state index is 0.155. The minimum Gasteiger partial charge on any atom is -0.371 e. The molecule has 2 unspecified atom stereocenters. The molecule has 0 aromatic carbocycles. The molecule has 10 heavy (non-hydrogen) atoms. The number of nitrogens with two attached hydrogens (primary N) is 1. The van der Waals surface area contributed by atoms with Crippen molar-refractivity contribution in [1.82, 2.24) is 5.32 Å². The summed E-state index contributed by atoms with van der Waals surface area (Å²) in [5.74, 6) is 0. The lowest BCUT2D eigenvalue weighted by molar-refractivity contribution is -0.0725. The molecule has 2 atom stereocenters. The van der Waals surface area contributed by atoms with E-state index >= 15 is 0 Å². The van der Waals surface area contributed by atoms with E-state index in [-0.39, 0.29) is 5.60 Å². The summed E-state index contributed by atoms with van der Waals surface area (Å²) in [4.78, 5) is 0. The normalized spacial score (nSPS) is 41.7. The van der Waals surface area contributed by atoms with Crippen LogP contribution in [-0.4, -0.2) is 31.3 Å². The molecule has 1 aliphatic heterocycles. The Bertz CT molecular complexity index is 118. The predicted molar refractivity (Wildman–Crippen MR) is 40.9 cm³/mol. The minimum atomic E-state index is -0.155. The van der Waals surface area contributed by atoms with Crippen LogP contribution in [0.25, 0.3) is 0 Å². The third-order valence-corrected chi connectivity index (χ3v) is 2.31. The van der Waals surface area contributed by atoms with Gasteiger partial charge in [-0.2, -0.15) is 0 Å². The van der Waals surface area contributed by atoms with Crippen LogP contribution in [-0.2, 0) is 4.74 Å². The van der Waals surface area contributed by atoms with Gasteiger partial charge in [-0.25, -0.2) is 0 Å². The smallest absolute Gasteiger partial charge is 0.0926 e. The number of rotatable bonds is 1. The van der Waals surface area contributed by atoms with Crippen molar-refractivity contribution in [2.45, 2.75) is 25.5 Å². The number of nitrogens with one attached hydrogen (secondary N) is 1. The maximum absolute atomic E-state index is 5.56. The molecule has 0 saturated carbocycles. The molecule has 3 N–H and O–H groups in total. The lowest BCUT2D eigenvalue weighted by Crippen LogP contribution is -2.58. The van der Waals surface area contributed by atoms with E-state index in [2.05, 4.69) is 12.2 Å². The average molecular weight is 144 g/mol. The molecule has 1 aliphatic rings. The largest absolute Gasteiger partial charge is 0.371 e. The first-order valence-electron chi connectivity index (χ1n) is 3.76. The van der Waals surface area contributed by atoms with Crippen molar-refractivity contribution in [3.8, 4) is 0 Å². The van der Waals surface area contributed by atoms with Crippen molar-refractivity contribution >= 4 is 0 Å². The zero-order valence-corrected chi connectivity index (χ0v) is 6.68. The topological polar surface area (TPSA) is 47.3 Å². The number of hydrogen-bond donors (Lipinski definition) is 2. The summed E-state index contributed by atoms with van der Waals surface area (Å²) in [6.45, 7) is 6.45. The summed E-state index contributed by atoms with van der Waals surface area (Å²) in [5.41, 5.74) is 5.41. The zero-order chi connectivity index (χ0) is 7.61. The Morgan fingerprint density at radius 3 is 2.90 bits per heavy atom. The quantitative estimate of drug-likeness (QED) is 0.532. The Kier molecular flexibility index (Phi) is 2.28. The summed E-state index contributed by atoms with van der Waals surface area (Å²) in [5, 5.41) is 3.32. The van der Waals surface area contributed by atoms with Gasteiger partial charge in [0.1, 0.15) is 0 Å². The molecule has 3 heteroatoms. The standard InChI is InChI=1S/C7H16N2O/c1-6-7(2,5-8)10-4-3-9-6/h6,9H,3-5,8H2,1-2H3. The third kappa shape index (κ3) is 1.31. The van der Waals surface area contributed by atoms with Gasteiger partial charge in [0.05, 0.1) is 12.2 Å². The molecule has 0 radical (unpaired) electrons. The summed E-state index contributed by atoms with van der Waals surface area (Å²) in [6, 6.07) is 0.367. The van der Waals surface area contributed by atoms with E-state index in [0.29, 0.717) is 12.6 Å². The van der Waals surface area contributed by atoms with Crippen LogP contribution in [0.1, 0.15) is 13.8 Å². The molecule has 1 saturated heterocycles. The van der Waals surface area contributed by atoms with Gasteiger partial charge in [0.25, 0.3) is 0 Å². The van der Waals surface area contributed by atoms with E-state index in [1.807, 2.05) is 6.92 Å². The Labute approximate surface area is 61.9 Å². The van der Waals surface area contributed by atoms with Crippen molar-refractivity contribution in [3.63, 3.8) is 0 Å². The maximum Gasteiger partial charge on any atom is 0.0926 e. The van der Waals surface area contributed by atoms with Crippen LogP contribution in [0.15, 0.2) is 0 Å². The predicted octanol–water partition coefficient (Wildman–Crippen LogP) is -0.288. The second kappa shape index (κ2) is 2.86. The molecule has 0 amide bonds. The Morgan fingerprint density at radius 2 is 2.50 bits per heavy atom. The molecule has 0 bridgehead atoms. The summed E-state index contributed by atoms with van der Waals surface area (Å²) in [6.07, 6.45) is 0. The van der Waals surface area contributed by atoms with E-state index < -0.39 is 0 Å². The molecule has 0 aliphatic carbocycles. The average Bonchev–Trinajstić information content (AvgIpc) is 1.96. The van der Waals surface area contributed by atoms with Crippen LogP contribution in [0, 0.1) is 0 Å². The first kappa shape index (κ1) is 7.98. The number of hydrogen-bond acceptors (Lipinski definition) is 3. The first-order valence-corrected chi connectivity index (χ1v) is 3.76. The summed E-state index contributed by atoms with van der Waals surface area (Å²) >= 11 is 0. The van der Waals surface area contributed by atoms with Crippen LogP contribution in [0.2, 0.25) is 0 Å². The molecule has 60 valence electrons. The van der Waals surface area contributed by atoms with Gasteiger partial charge in [0, 0.05) is 19.1 Å². The van der Waals surface area contributed by atoms with Crippen LogP contribution in [0.3, 0.4) is 0 Å². The molecular formula is C7H16N2O. The molecule has 1 rings (SSSR count). The zero-order valence-electron chi connectivity index (χ0n) is 6.68. The first-order chi connectivity index (χ1) is 4.69. The third-order valence-electron chi connectivity index (χ3n) is 2.31. The van der Waals surface area contributed by atoms with Crippen LogP contribution < -0.4 is 11.1 Å².